The quantitative estimate of drug-likeness (QED) is 0.616. The van der Waals surface area contributed by atoms with E-state index in [0.717, 1.165) is 36.5 Å². The summed E-state index contributed by atoms with van der Waals surface area (Å²) < 4.78 is 37.3. The van der Waals surface area contributed by atoms with Gasteiger partial charge in [-0.3, -0.25) is 11.3 Å². The Morgan fingerprint density at radius 2 is 1.84 bits per heavy atom. The molecule has 1 aliphatic rings. The van der Waals surface area contributed by atoms with Crippen LogP contribution in [0.15, 0.2) is 24.3 Å². The summed E-state index contributed by atoms with van der Waals surface area (Å²) >= 11 is 0. The zero-order chi connectivity index (χ0) is 13.9. The van der Waals surface area contributed by atoms with Crippen LogP contribution in [0.1, 0.15) is 36.8 Å². The molecule has 0 spiro atoms. The maximum atomic E-state index is 12.4. The Hall–Kier alpha value is -1.07. The Labute approximate surface area is 111 Å². The molecule has 1 aromatic carbocycles. The van der Waals surface area contributed by atoms with Gasteiger partial charge in [0, 0.05) is 6.04 Å². The molecule has 0 aromatic heterocycles. The van der Waals surface area contributed by atoms with Crippen molar-refractivity contribution in [2.24, 2.45) is 11.8 Å². The fourth-order valence-electron chi connectivity index (χ4n) is 2.20. The average Bonchev–Trinajstić information content (AvgIpc) is 3.18. The molecule has 0 radical (unpaired) electrons. The number of hydrogen-bond donors (Lipinski definition) is 2. The van der Waals surface area contributed by atoms with Crippen molar-refractivity contribution in [1.82, 2.24) is 5.43 Å². The highest BCUT2D eigenvalue weighted by Gasteiger charge is 2.30. The minimum absolute atomic E-state index is 0.136. The van der Waals surface area contributed by atoms with Gasteiger partial charge in [0.25, 0.3) is 0 Å². The van der Waals surface area contributed by atoms with Crippen LogP contribution in [0.4, 0.5) is 13.2 Å². The second-order valence-corrected chi connectivity index (χ2v) is 5.28. The number of benzene rings is 1. The lowest BCUT2D eigenvalue weighted by Crippen LogP contribution is -2.36. The van der Waals surface area contributed by atoms with E-state index >= 15 is 0 Å². The van der Waals surface area contributed by atoms with Gasteiger partial charge < -0.3 is 0 Å². The smallest absolute Gasteiger partial charge is 0.271 e. The molecule has 0 aliphatic heterocycles. The van der Waals surface area contributed by atoms with E-state index in [1.807, 2.05) is 0 Å². The van der Waals surface area contributed by atoms with Crippen LogP contribution >= 0.6 is 0 Å². The zero-order valence-corrected chi connectivity index (χ0v) is 10.7. The number of rotatable bonds is 6. The first-order valence-electron chi connectivity index (χ1n) is 6.61. The second kappa shape index (κ2) is 5.92. The molecule has 1 aliphatic carbocycles. The van der Waals surface area contributed by atoms with E-state index in [-0.39, 0.29) is 6.04 Å². The first-order chi connectivity index (χ1) is 8.99. The van der Waals surface area contributed by atoms with Crippen LogP contribution in [-0.4, -0.2) is 6.04 Å². The predicted molar refractivity (Wildman–Crippen MR) is 68.2 cm³/mol. The molecule has 3 N–H and O–H groups in total. The van der Waals surface area contributed by atoms with Crippen molar-refractivity contribution in [2.75, 3.05) is 0 Å². The van der Waals surface area contributed by atoms with Crippen LogP contribution in [0.25, 0.3) is 0 Å². The van der Waals surface area contributed by atoms with Crippen molar-refractivity contribution < 1.29 is 13.2 Å². The zero-order valence-electron chi connectivity index (χ0n) is 10.7. The fourth-order valence-corrected chi connectivity index (χ4v) is 2.20. The summed E-state index contributed by atoms with van der Waals surface area (Å²) in [7, 11) is 0. The van der Waals surface area contributed by atoms with Gasteiger partial charge in [0.05, 0.1) is 5.56 Å². The number of hydrazine groups is 1. The van der Waals surface area contributed by atoms with Gasteiger partial charge in [0.15, 0.2) is 0 Å². The van der Waals surface area contributed by atoms with E-state index < -0.39 is 11.7 Å². The lowest BCUT2D eigenvalue weighted by Gasteiger charge is -2.16. The Morgan fingerprint density at radius 3 is 2.32 bits per heavy atom. The summed E-state index contributed by atoms with van der Waals surface area (Å²) in [5.41, 5.74) is 3.03. The highest BCUT2D eigenvalue weighted by molar-refractivity contribution is 5.25. The predicted octanol–water partition coefficient (Wildman–Crippen LogP) is 3.27. The molecule has 1 aromatic rings. The van der Waals surface area contributed by atoms with E-state index in [9.17, 15) is 13.2 Å². The lowest BCUT2D eigenvalue weighted by molar-refractivity contribution is -0.137. The van der Waals surface area contributed by atoms with Crippen molar-refractivity contribution in [3.05, 3.63) is 35.4 Å². The third kappa shape index (κ3) is 4.51. The molecule has 0 bridgehead atoms. The first kappa shape index (κ1) is 14.3. The summed E-state index contributed by atoms with van der Waals surface area (Å²) in [6.45, 7) is 0. The Kier molecular flexibility index (Phi) is 4.47. The Balaban J connectivity index is 1.89. The van der Waals surface area contributed by atoms with Crippen LogP contribution in [-0.2, 0) is 12.6 Å². The van der Waals surface area contributed by atoms with Crippen LogP contribution < -0.4 is 11.3 Å². The van der Waals surface area contributed by atoms with Crippen LogP contribution in [0.5, 0.6) is 0 Å². The molecule has 0 amide bonds. The highest BCUT2D eigenvalue weighted by Crippen LogP contribution is 2.34. The SMILES string of the molecule is NNC(CCC1CC1)Cc1ccc(C(F)(F)F)cc1. The van der Waals surface area contributed by atoms with Crippen LogP contribution in [0.3, 0.4) is 0 Å². The number of alkyl halides is 3. The van der Waals surface area contributed by atoms with Gasteiger partial charge >= 0.3 is 6.18 Å². The summed E-state index contributed by atoms with van der Waals surface area (Å²) in [6, 6.07) is 5.46. The van der Waals surface area contributed by atoms with Gasteiger partial charge in [-0.25, -0.2) is 0 Å². The number of nitrogens with two attached hydrogens (primary N) is 1. The Bertz CT molecular complexity index is 396. The first-order valence-corrected chi connectivity index (χ1v) is 6.61. The van der Waals surface area contributed by atoms with E-state index in [2.05, 4.69) is 5.43 Å². The van der Waals surface area contributed by atoms with Gasteiger partial charge in [-0.15, -0.1) is 0 Å². The maximum absolute atomic E-state index is 12.4. The van der Waals surface area contributed by atoms with Crippen molar-refractivity contribution in [1.29, 1.82) is 0 Å². The Morgan fingerprint density at radius 1 is 1.21 bits per heavy atom. The highest BCUT2D eigenvalue weighted by atomic mass is 19.4. The number of halogens is 3. The minimum Gasteiger partial charge on any atom is -0.271 e. The van der Waals surface area contributed by atoms with E-state index in [1.165, 1.54) is 25.0 Å². The van der Waals surface area contributed by atoms with Gasteiger partial charge in [-0.1, -0.05) is 25.0 Å². The van der Waals surface area contributed by atoms with Gasteiger partial charge in [-0.2, -0.15) is 13.2 Å². The molecule has 1 saturated carbocycles. The average molecular weight is 272 g/mol. The topological polar surface area (TPSA) is 38.0 Å². The summed E-state index contributed by atoms with van der Waals surface area (Å²) in [5, 5.41) is 0. The van der Waals surface area contributed by atoms with Gasteiger partial charge in [-0.05, 0) is 42.9 Å². The maximum Gasteiger partial charge on any atom is 0.416 e. The molecule has 19 heavy (non-hydrogen) atoms. The molecular weight excluding hydrogens is 253 g/mol. The largest absolute Gasteiger partial charge is 0.416 e. The molecule has 0 heterocycles. The summed E-state index contributed by atoms with van der Waals surface area (Å²) in [6.07, 6.45) is 1.13. The molecule has 1 fully saturated rings. The molecule has 1 unspecified atom stereocenters. The van der Waals surface area contributed by atoms with Crippen LogP contribution in [0, 0.1) is 5.92 Å². The van der Waals surface area contributed by atoms with Gasteiger partial charge in [0.1, 0.15) is 0 Å². The monoisotopic (exact) mass is 272 g/mol. The number of nitrogens with one attached hydrogen (secondary N) is 1. The molecule has 1 atom stereocenters. The van der Waals surface area contributed by atoms with Crippen molar-refractivity contribution >= 4 is 0 Å². The third-order valence-electron chi connectivity index (χ3n) is 3.62. The minimum atomic E-state index is -4.27. The molecule has 5 heteroatoms. The number of hydrogen-bond acceptors (Lipinski definition) is 2. The van der Waals surface area contributed by atoms with E-state index in [4.69, 9.17) is 5.84 Å². The molecule has 106 valence electrons. The van der Waals surface area contributed by atoms with Gasteiger partial charge in [0.2, 0.25) is 0 Å². The molecule has 2 nitrogen and oxygen atoms in total. The fraction of sp³-hybridized carbons (Fsp3) is 0.571. The second-order valence-electron chi connectivity index (χ2n) is 5.28. The van der Waals surface area contributed by atoms with Crippen molar-refractivity contribution in [3.63, 3.8) is 0 Å². The summed E-state index contributed by atoms with van der Waals surface area (Å²) in [5.74, 6) is 6.33. The van der Waals surface area contributed by atoms with Crippen molar-refractivity contribution in [2.45, 2.75) is 44.3 Å². The summed E-state index contributed by atoms with van der Waals surface area (Å²) in [4.78, 5) is 0. The molecule has 2 rings (SSSR count). The standard InChI is InChI=1S/C14H19F3N2/c15-14(16,17)12-6-3-11(4-7-12)9-13(19-18)8-5-10-1-2-10/h3-4,6-7,10,13,19H,1-2,5,8-9,18H2. The third-order valence-corrected chi connectivity index (χ3v) is 3.62. The van der Waals surface area contributed by atoms with E-state index in [1.54, 1.807) is 0 Å². The van der Waals surface area contributed by atoms with E-state index in [0.29, 0.717) is 6.42 Å². The van der Waals surface area contributed by atoms with Crippen LogP contribution in [0.2, 0.25) is 0 Å². The lowest BCUT2D eigenvalue weighted by atomic mass is 10.00. The normalized spacial score (nSPS) is 17.5. The van der Waals surface area contributed by atoms with Crippen molar-refractivity contribution in [3.8, 4) is 0 Å². The molecule has 0 saturated heterocycles. The molecular formula is C14H19F3N2.